The van der Waals surface area contributed by atoms with Crippen molar-refractivity contribution in [3.63, 3.8) is 0 Å². The Morgan fingerprint density at radius 3 is 1.38 bits per heavy atom. The summed E-state index contributed by atoms with van der Waals surface area (Å²) in [6.45, 7) is 4.54. The van der Waals surface area contributed by atoms with Gasteiger partial charge in [-0.25, -0.2) is 0 Å². The average Bonchev–Trinajstić information content (AvgIpc) is 0.771. The van der Waals surface area contributed by atoms with Crippen LogP contribution in [0.3, 0.4) is 0 Å². The van der Waals surface area contributed by atoms with Gasteiger partial charge >= 0.3 is 0 Å². The fraction of sp³-hybridized carbons (Fsp3) is 0.0488. The van der Waals surface area contributed by atoms with E-state index in [0.29, 0.717) is 0 Å². The van der Waals surface area contributed by atoms with Crippen LogP contribution in [0.2, 0.25) is 0 Å². The SMILES string of the molecule is CC1(C)c2ccccc2Oc2cc3c(cc21)B1c2cc(-c4ccccc4)cc(-c4ccccc4)c2Sc2cc(-c4ccc5c(c4)Oc4ccccc4C54c5ccccc5Oc5ccccc54)cc(c21)N3c1ccc(-c2ccccc2)cc1-c1ccccc1. The lowest BCUT2D eigenvalue weighted by Crippen LogP contribution is -2.60. The molecule has 5 aliphatic heterocycles. The summed E-state index contributed by atoms with van der Waals surface area (Å²) in [6.07, 6.45) is 0. The molecule has 0 unspecified atom stereocenters. The zero-order valence-electron chi connectivity index (χ0n) is 48.4. The lowest BCUT2D eigenvalue weighted by Gasteiger charge is -2.45. The summed E-state index contributed by atoms with van der Waals surface area (Å²) in [7, 11) is 0. The number of para-hydroxylation sites is 4. The van der Waals surface area contributed by atoms with Gasteiger partial charge in [-0.3, -0.25) is 0 Å². The third-order valence-corrected chi connectivity index (χ3v) is 20.3. The van der Waals surface area contributed by atoms with Gasteiger partial charge in [-0.2, -0.15) is 0 Å². The Morgan fingerprint density at radius 2 is 0.761 bits per heavy atom. The van der Waals surface area contributed by atoms with Gasteiger partial charge in [0.2, 0.25) is 6.71 Å². The second-order valence-electron chi connectivity index (χ2n) is 24.2. The van der Waals surface area contributed by atoms with Crippen LogP contribution in [-0.4, -0.2) is 6.71 Å². The Bertz CT molecular complexity index is 4960. The maximum atomic E-state index is 7.23. The van der Waals surface area contributed by atoms with Gasteiger partial charge in [-0.1, -0.05) is 256 Å². The van der Waals surface area contributed by atoms with E-state index in [1.54, 1.807) is 0 Å². The molecule has 0 atom stereocenters. The zero-order valence-corrected chi connectivity index (χ0v) is 49.2. The van der Waals surface area contributed by atoms with Crippen LogP contribution in [0, 0.1) is 0 Å². The molecule has 414 valence electrons. The molecule has 1 spiro atoms. The van der Waals surface area contributed by atoms with Crippen molar-refractivity contribution in [3.05, 3.63) is 325 Å². The molecule has 88 heavy (non-hydrogen) atoms. The largest absolute Gasteiger partial charge is 0.457 e. The molecule has 0 aromatic heterocycles. The van der Waals surface area contributed by atoms with E-state index in [4.69, 9.17) is 14.2 Å². The first-order valence-corrected chi connectivity index (χ1v) is 31.1. The fourth-order valence-electron chi connectivity index (χ4n) is 15.0. The van der Waals surface area contributed by atoms with Gasteiger partial charge in [0.25, 0.3) is 0 Å². The zero-order chi connectivity index (χ0) is 58.2. The molecule has 0 bridgehead atoms. The van der Waals surface area contributed by atoms with E-state index in [1.807, 2.05) is 11.8 Å². The average molecular weight is 1140 g/mol. The van der Waals surface area contributed by atoms with Crippen LogP contribution in [-0.2, 0) is 10.8 Å². The summed E-state index contributed by atoms with van der Waals surface area (Å²) in [5.74, 6) is 5.05. The van der Waals surface area contributed by atoms with E-state index in [9.17, 15) is 0 Å². The summed E-state index contributed by atoms with van der Waals surface area (Å²) < 4.78 is 21.2. The molecular formula is C82H54BNO3S. The van der Waals surface area contributed by atoms with E-state index in [-0.39, 0.29) is 12.1 Å². The third-order valence-electron chi connectivity index (χ3n) is 19.1. The molecule has 5 heterocycles. The highest BCUT2D eigenvalue weighted by atomic mass is 32.2. The quantitative estimate of drug-likeness (QED) is 0.155. The number of benzene rings is 13. The second-order valence-corrected chi connectivity index (χ2v) is 25.3. The molecule has 18 rings (SSSR count). The molecular weight excluding hydrogens is 1090 g/mol. The van der Waals surface area contributed by atoms with Crippen LogP contribution in [0.5, 0.6) is 34.5 Å². The standard InChI is InChI=1S/C82H54BNO3S/c1-81(2)61-31-15-19-35-72(61)86-77-50-70-67(49-66(77)81)83-68-45-57(52-25-9-4-10-26-52)44-60(54-29-13-6-14-30-54)80(68)88-78-48-58(46-71(79(78)83)84(70)69-42-40-55(51-23-7-3-8-24-51)43-59(69)53-27-11-5-12-28-53)56-39-41-65-76(47-56)87-75-38-22-18-34-64(75)82(65)62-32-16-20-36-73(62)85-74-37-21-17-33-63(74)82/h3-50H,1-2H3. The molecule has 5 aliphatic rings. The van der Waals surface area contributed by atoms with E-state index < -0.39 is 5.41 Å². The number of hydrogen-bond acceptors (Lipinski definition) is 5. The highest BCUT2D eigenvalue weighted by Crippen LogP contribution is 2.62. The van der Waals surface area contributed by atoms with Crippen LogP contribution >= 0.6 is 11.8 Å². The Morgan fingerprint density at radius 1 is 0.307 bits per heavy atom. The normalized spacial score (nSPS) is 14.4. The van der Waals surface area contributed by atoms with Gasteiger partial charge in [0.15, 0.2) is 0 Å². The van der Waals surface area contributed by atoms with Crippen molar-refractivity contribution < 1.29 is 14.2 Å². The van der Waals surface area contributed by atoms with Gasteiger partial charge in [0.1, 0.15) is 34.5 Å². The molecule has 0 aliphatic carbocycles. The van der Waals surface area contributed by atoms with Crippen molar-refractivity contribution in [2.45, 2.75) is 34.5 Å². The first kappa shape index (κ1) is 50.8. The smallest absolute Gasteiger partial charge is 0.249 e. The number of hydrogen-bond donors (Lipinski definition) is 0. The topological polar surface area (TPSA) is 30.9 Å². The lowest BCUT2D eigenvalue weighted by molar-refractivity contribution is 0.399. The van der Waals surface area contributed by atoms with Crippen LogP contribution < -0.4 is 35.5 Å². The van der Waals surface area contributed by atoms with Crippen LogP contribution in [0.1, 0.15) is 47.2 Å². The predicted octanol–water partition coefficient (Wildman–Crippen LogP) is 19.8. The minimum Gasteiger partial charge on any atom is -0.457 e. The second kappa shape index (κ2) is 19.5. The van der Waals surface area contributed by atoms with Crippen LogP contribution in [0.15, 0.2) is 301 Å². The van der Waals surface area contributed by atoms with Gasteiger partial charge < -0.3 is 19.1 Å². The highest BCUT2D eigenvalue weighted by molar-refractivity contribution is 8.00. The van der Waals surface area contributed by atoms with Crippen molar-refractivity contribution in [1.82, 2.24) is 0 Å². The van der Waals surface area contributed by atoms with E-state index in [1.165, 1.54) is 59.6 Å². The maximum absolute atomic E-state index is 7.23. The van der Waals surface area contributed by atoms with Crippen molar-refractivity contribution in [3.8, 4) is 90.1 Å². The molecule has 0 saturated carbocycles. The maximum Gasteiger partial charge on any atom is 0.249 e. The summed E-state index contributed by atoms with van der Waals surface area (Å²) in [5.41, 5.74) is 24.1. The first-order chi connectivity index (χ1) is 43.4. The van der Waals surface area contributed by atoms with Crippen molar-refractivity contribution in [2.75, 3.05) is 4.90 Å². The molecule has 0 radical (unpaired) electrons. The molecule has 0 fully saturated rings. The van der Waals surface area contributed by atoms with E-state index >= 15 is 0 Å². The highest BCUT2D eigenvalue weighted by Gasteiger charge is 2.51. The van der Waals surface area contributed by atoms with Gasteiger partial charge in [0, 0.05) is 71.6 Å². The minimum absolute atomic E-state index is 0.174. The minimum atomic E-state index is -0.717. The number of anilines is 3. The molecule has 0 amide bonds. The van der Waals surface area contributed by atoms with E-state index in [0.717, 1.165) is 107 Å². The Labute approximate surface area is 517 Å². The molecule has 13 aromatic rings. The van der Waals surface area contributed by atoms with Crippen molar-refractivity contribution in [2.24, 2.45) is 0 Å². The fourth-order valence-corrected chi connectivity index (χ4v) is 16.4. The van der Waals surface area contributed by atoms with Gasteiger partial charge in [0.05, 0.1) is 11.1 Å². The van der Waals surface area contributed by atoms with Crippen molar-refractivity contribution >= 4 is 51.9 Å². The first-order valence-electron chi connectivity index (χ1n) is 30.3. The number of fused-ring (bicyclic) bond motifs is 14. The van der Waals surface area contributed by atoms with Gasteiger partial charge in [-0.15, -0.1) is 0 Å². The van der Waals surface area contributed by atoms with Crippen LogP contribution in [0.4, 0.5) is 17.1 Å². The van der Waals surface area contributed by atoms with Crippen molar-refractivity contribution in [1.29, 1.82) is 0 Å². The number of ether oxygens (including phenoxy) is 3. The summed E-state index contributed by atoms with van der Waals surface area (Å²) in [4.78, 5) is 5.04. The number of nitrogens with zero attached hydrogens (tertiary/aromatic N) is 1. The Hall–Kier alpha value is -10.5. The van der Waals surface area contributed by atoms with E-state index in [2.05, 4.69) is 310 Å². The lowest BCUT2D eigenvalue weighted by atomic mass is 9.34. The summed E-state index contributed by atoms with van der Waals surface area (Å²) in [5, 5.41) is 0. The Kier molecular flexibility index (Phi) is 11.2. The molecule has 4 nitrogen and oxygen atoms in total. The molecule has 6 heteroatoms. The van der Waals surface area contributed by atoms with Gasteiger partial charge in [-0.05, 0) is 122 Å². The number of rotatable bonds is 6. The summed E-state index contributed by atoms with van der Waals surface area (Å²) >= 11 is 1.90. The summed E-state index contributed by atoms with van der Waals surface area (Å²) in [6, 6.07) is 106. The predicted molar refractivity (Wildman–Crippen MR) is 361 cm³/mol. The molecule has 0 N–H and O–H groups in total. The monoisotopic (exact) mass is 1140 g/mol. The molecule has 0 saturated heterocycles. The third kappa shape index (κ3) is 7.55. The van der Waals surface area contributed by atoms with Crippen LogP contribution in [0.25, 0.3) is 55.6 Å². The molecule has 13 aromatic carbocycles. The Balaban J connectivity index is 0.935.